The summed E-state index contributed by atoms with van der Waals surface area (Å²) >= 11 is 10.2. The zero-order valence-electron chi connectivity index (χ0n) is 5.73. The minimum absolute atomic E-state index is 0.0280. The summed E-state index contributed by atoms with van der Waals surface area (Å²) in [7, 11) is 0. The third kappa shape index (κ3) is 1.13. The van der Waals surface area contributed by atoms with Crippen molar-refractivity contribution in [2.45, 2.75) is 0 Å². The second-order valence-corrected chi connectivity index (χ2v) is 3.05. The van der Waals surface area contributed by atoms with Crippen LogP contribution in [-0.4, -0.2) is 4.98 Å². The van der Waals surface area contributed by atoms with Crippen molar-refractivity contribution in [2.75, 3.05) is 0 Å². The van der Waals surface area contributed by atoms with E-state index in [4.69, 9.17) is 28.2 Å². The van der Waals surface area contributed by atoms with E-state index in [-0.39, 0.29) is 9.86 Å². The fourth-order valence-corrected chi connectivity index (χ4v) is 1.30. The van der Waals surface area contributed by atoms with E-state index in [0.29, 0.717) is 11.1 Å². The molecule has 0 saturated heterocycles. The molecule has 1 aromatic heterocycles. The first-order valence-corrected chi connectivity index (χ1v) is 3.93. The molecule has 0 spiro atoms. The number of aromatic amines is 1. The zero-order valence-corrected chi connectivity index (χ0v) is 7.30. The Morgan fingerprint density at radius 2 is 2.25 bits per heavy atom. The molecule has 0 aliphatic rings. The molecular formula is C7H3ClFNOS. The van der Waals surface area contributed by atoms with Crippen LogP contribution in [-0.2, 0) is 0 Å². The van der Waals surface area contributed by atoms with Crippen molar-refractivity contribution in [1.82, 2.24) is 4.98 Å². The highest BCUT2D eigenvalue weighted by Crippen LogP contribution is 2.21. The third-order valence-corrected chi connectivity index (χ3v) is 1.94. The maximum Gasteiger partial charge on any atom is 0.266 e. The van der Waals surface area contributed by atoms with E-state index in [9.17, 15) is 4.39 Å². The molecule has 12 heavy (non-hydrogen) atoms. The predicted octanol–water partition coefficient (Wildman–Crippen LogP) is 3.28. The lowest BCUT2D eigenvalue weighted by molar-refractivity contribution is 0.582. The average Bonchev–Trinajstić information content (AvgIpc) is 2.30. The number of hydrogen-bond donors (Lipinski definition) is 1. The Hall–Kier alpha value is -0.870. The highest BCUT2D eigenvalue weighted by molar-refractivity contribution is 7.71. The Labute approximate surface area is 77.0 Å². The maximum atomic E-state index is 12.8. The van der Waals surface area contributed by atoms with Crippen LogP contribution in [0.3, 0.4) is 0 Å². The third-order valence-electron chi connectivity index (χ3n) is 1.46. The van der Waals surface area contributed by atoms with Gasteiger partial charge in [-0.15, -0.1) is 0 Å². The average molecular weight is 204 g/mol. The summed E-state index contributed by atoms with van der Waals surface area (Å²) in [6.45, 7) is 0. The number of oxazole rings is 1. The first kappa shape index (κ1) is 7.76. The summed E-state index contributed by atoms with van der Waals surface area (Å²) in [6, 6.07) is 2.63. The van der Waals surface area contributed by atoms with Crippen LogP contribution in [0.15, 0.2) is 16.5 Å². The van der Waals surface area contributed by atoms with Gasteiger partial charge in [-0.2, -0.15) is 0 Å². The normalized spacial score (nSPS) is 10.8. The van der Waals surface area contributed by atoms with E-state index < -0.39 is 5.82 Å². The fraction of sp³-hybridized carbons (Fsp3) is 0. The smallest absolute Gasteiger partial charge is 0.266 e. The quantitative estimate of drug-likeness (QED) is 0.666. The highest BCUT2D eigenvalue weighted by Gasteiger charge is 2.04. The van der Waals surface area contributed by atoms with Gasteiger partial charge >= 0.3 is 0 Å². The van der Waals surface area contributed by atoms with E-state index >= 15 is 0 Å². The topological polar surface area (TPSA) is 28.9 Å². The van der Waals surface area contributed by atoms with Crippen LogP contribution < -0.4 is 0 Å². The van der Waals surface area contributed by atoms with Crippen molar-refractivity contribution in [2.24, 2.45) is 0 Å². The zero-order chi connectivity index (χ0) is 8.72. The minimum Gasteiger partial charge on any atom is -0.429 e. The minimum atomic E-state index is -0.490. The molecule has 2 rings (SSSR count). The molecule has 0 amide bonds. The molecule has 2 aromatic rings. The Balaban J connectivity index is 2.92. The van der Waals surface area contributed by atoms with Gasteiger partial charge in [0.15, 0.2) is 5.58 Å². The molecular weight excluding hydrogens is 201 g/mol. The van der Waals surface area contributed by atoms with Gasteiger partial charge in [-0.1, -0.05) is 11.6 Å². The van der Waals surface area contributed by atoms with Gasteiger partial charge < -0.3 is 9.40 Å². The highest BCUT2D eigenvalue weighted by atomic mass is 35.5. The molecule has 0 aliphatic heterocycles. The lowest BCUT2D eigenvalue weighted by Crippen LogP contribution is -1.75. The van der Waals surface area contributed by atoms with Gasteiger partial charge in [0.1, 0.15) is 5.82 Å². The summed E-state index contributed by atoms with van der Waals surface area (Å²) < 4.78 is 17.8. The largest absolute Gasteiger partial charge is 0.429 e. The van der Waals surface area contributed by atoms with E-state index in [2.05, 4.69) is 4.98 Å². The Morgan fingerprint density at radius 3 is 3.00 bits per heavy atom. The molecule has 62 valence electrons. The summed E-state index contributed by atoms with van der Waals surface area (Å²) in [6.07, 6.45) is 0. The van der Waals surface area contributed by atoms with Crippen molar-refractivity contribution < 1.29 is 8.81 Å². The summed E-state index contributed by atoms with van der Waals surface area (Å²) in [5, 5.41) is 0.0280. The molecule has 0 saturated carbocycles. The number of H-pyrrole nitrogens is 1. The number of hydrogen-bond acceptors (Lipinski definition) is 2. The molecule has 0 fully saturated rings. The molecule has 1 heterocycles. The van der Waals surface area contributed by atoms with Crippen molar-refractivity contribution in [3.05, 3.63) is 27.8 Å². The number of nitrogens with one attached hydrogen (secondary N) is 1. The number of rotatable bonds is 0. The Bertz CT molecular complexity index is 448. The van der Waals surface area contributed by atoms with Crippen molar-refractivity contribution in [1.29, 1.82) is 0 Å². The molecule has 0 aliphatic carbocycles. The molecule has 5 heteroatoms. The van der Waals surface area contributed by atoms with Gasteiger partial charge in [0, 0.05) is 12.1 Å². The van der Waals surface area contributed by atoms with Crippen molar-refractivity contribution in [3.8, 4) is 0 Å². The van der Waals surface area contributed by atoms with Gasteiger partial charge in [0.25, 0.3) is 4.84 Å². The molecule has 2 nitrogen and oxygen atoms in total. The van der Waals surface area contributed by atoms with Crippen LogP contribution in [0.5, 0.6) is 0 Å². The van der Waals surface area contributed by atoms with E-state index in [1.165, 1.54) is 12.1 Å². The predicted molar refractivity (Wildman–Crippen MR) is 46.4 cm³/mol. The molecule has 0 radical (unpaired) electrons. The lowest BCUT2D eigenvalue weighted by atomic mass is 10.3. The molecule has 1 aromatic carbocycles. The number of benzene rings is 1. The Morgan fingerprint density at radius 1 is 1.50 bits per heavy atom. The number of aromatic nitrogens is 1. The first-order valence-electron chi connectivity index (χ1n) is 3.15. The second-order valence-electron chi connectivity index (χ2n) is 2.28. The fourth-order valence-electron chi connectivity index (χ4n) is 0.946. The van der Waals surface area contributed by atoms with Crippen LogP contribution >= 0.6 is 23.8 Å². The second kappa shape index (κ2) is 2.57. The van der Waals surface area contributed by atoms with Gasteiger partial charge in [0.2, 0.25) is 0 Å². The van der Waals surface area contributed by atoms with Crippen LogP contribution in [0.2, 0.25) is 5.02 Å². The van der Waals surface area contributed by atoms with Crippen LogP contribution in [0.25, 0.3) is 11.1 Å². The summed E-state index contributed by atoms with van der Waals surface area (Å²) in [5.74, 6) is -0.490. The van der Waals surface area contributed by atoms with Gasteiger partial charge in [-0.05, 0) is 12.2 Å². The molecule has 0 atom stereocenters. The lowest BCUT2D eigenvalue weighted by Gasteiger charge is -1.91. The van der Waals surface area contributed by atoms with Crippen LogP contribution in [0.4, 0.5) is 4.39 Å². The SMILES string of the molecule is Fc1cc2[nH]c(=S)oc2cc1Cl. The van der Waals surface area contributed by atoms with Crippen molar-refractivity contribution >= 4 is 34.9 Å². The van der Waals surface area contributed by atoms with Gasteiger partial charge in [0.05, 0.1) is 10.5 Å². The number of fused-ring (bicyclic) bond motifs is 1. The molecule has 1 N–H and O–H groups in total. The van der Waals surface area contributed by atoms with E-state index in [0.717, 1.165) is 0 Å². The standard InChI is InChI=1S/C7H3ClFNOS/c8-3-1-6-5(2-4(3)9)10-7(12)11-6/h1-2H,(H,10,12). The molecule has 0 unspecified atom stereocenters. The summed E-state index contributed by atoms with van der Waals surface area (Å²) in [4.78, 5) is 2.89. The van der Waals surface area contributed by atoms with Crippen LogP contribution in [0.1, 0.15) is 0 Å². The van der Waals surface area contributed by atoms with Gasteiger partial charge in [-0.3, -0.25) is 0 Å². The summed E-state index contributed by atoms with van der Waals surface area (Å²) in [5.41, 5.74) is 0.980. The number of halogens is 2. The maximum absolute atomic E-state index is 12.8. The monoisotopic (exact) mass is 203 g/mol. The van der Waals surface area contributed by atoms with E-state index in [1.807, 2.05) is 0 Å². The van der Waals surface area contributed by atoms with Gasteiger partial charge in [-0.25, -0.2) is 4.39 Å². The van der Waals surface area contributed by atoms with Crippen molar-refractivity contribution in [3.63, 3.8) is 0 Å². The molecule has 0 bridgehead atoms. The van der Waals surface area contributed by atoms with Crippen LogP contribution in [0, 0.1) is 10.7 Å². The first-order chi connectivity index (χ1) is 5.66. The Kier molecular flexibility index (Phi) is 1.66. The van der Waals surface area contributed by atoms with E-state index in [1.54, 1.807) is 0 Å².